The van der Waals surface area contributed by atoms with Crippen molar-refractivity contribution in [2.75, 3.05) is 19.0 Å². The number of hydrogen-bond donors (Lipinski definition) is 1. The van der Waals surface area contributed by atoms with Crippen LogP contribution in [0.25, 0.3) is 11.0 Å². The van der Waals surface area contributed by atoms with E-state index >= 15 is 0 Å². The lowest BCUT2D eigenvalue weighted by atomic mass is 9.99. The van der Waals surface area contributed by atoms with E-state index in [2.05, 4.69) is 39.7 Å². The standard InChI is InChI=1S/C20H19N3O2/c1-23(2)15-9-7-13(8-10-15)17-12-18(22-21-17)16-11-14-5-3-4-6-19(14)25-20(16)24/h3-11,17,21H,12H2,1-2H3. The maximum absolute atomic E-state index is 12.3. The maximum atomic E-state index is 12.3. The minimum atomic E-state index is -0.345. The summed E-state index contributed by atoms with van der Waals surface area (Å²) in [5.74, 6) is 0. The second-order valence-electron chi connectivity index (χ2n) is 6.42. The van der Waals surface area contributed by atoms with Gasteiger partial charge in [0, 0.05) is 31.6 Å². The van der Waals surface area contributed by atoms with Crippen LogP contribution in [0.1, 0.15) is 23.6 Å². The van der Waals surface area contributed by atoms with Crippen molar-refractivity contribution < 1.29 is 4.42 Å². The molecule has 0 aliphatic carbocycles. The second kappa shape index (κ2) is 6.09. The second-order valence-corrected chi connectivity index (χ2v) is 6.42. The Morgan fingerprint density at radius 1 is 1.12 bits per heavy atom. The quantitative estimate of drug-likeness (QED) is 0.747. The number of nitrogens with zero attached hydrogens (tertiary/aromatic N) is 2. The first kappa shape index (κ1) is 15.4. The highest BCUT2D eigenvalue weighted by atomic mass is 16.4. The number of hydrogen-bond acceptors (Lipinski definition) is 5. The Labute approximate surface area is 145 Å². The van der Waals surface area contributed by atoms with E-state index < -0.39 is 0 Å². The molecule has 25 heavy (non-hydrogen) atoms. The van der Waals surface area contributed by atoms with Crippen LogP contribution in [0.15, 0.2) is 68.9 Å². The highest BCUT2D eigenvalue weighted by molar-refractivity contribution is 6.03. The molecule has 0 radical (unpaired) electrons. The summed E-state index contributed by atoms with van der Waals surface area (Å²) in [4.78, 5) is 14.4. The van der Waals surface area contributed by atoms with Gasteiger partial charge in [-0.15, -0.1) is 0 Å². The molecule has 0 saturated carbocycles. The van der Waals surface area contributed by atoms with E-state index in [0.717, 1.165) is 22.3 Å². The summed E-state index contributed by atoms with van der Waals surface area (Å²) in [6.07, 6.45) is 0.657. The first-order valence-electron chi connectivity index (χ1n) is 8.24. The molecule has 126 valence electrons. The predicted octanol–water partition coefficient (Wildman–Crippen LogP) is 3.30. The minimum absolute atomic E-state index is 0.0667. The minimum Gasteiger partial charge on any atom is -0.422 e. The molecule has 1 aliphatic rings. The van der Waals surface area contributed by atoms with E-state index in [0.29, 0.717) is 17.6 Å². The van der Waals surface area contributed by atoms with Gasteiger partial charge in [0.05, 0.1) is 17.3 Å². The van der Waals surface area contributed by atoms with Crippen LogP contribution in [-0.4, -0.2) is 19.8 Å². The molecule has 0 spiro atoms. The monoisotopic (exact) mass is 333 g/mol. The maximum Gasteiger partial charge on any atom is 0.345 e. The van der Waals surface area contributed by atoms with Gasteiger partial charge in [0.25, 0.3) is 0 Å². The van der Waals surface area contributed by atoms with Gasteiger partial charge in [-0.2, -0.15) is 5.10 Å². The van der Waals surface area contributed by atoms with E-state index in [-0.39, 0.29) is 11.7 Å². The molecule has 1 aromatic heterocycles. The van der Waals surface area contributed by atoms with Crippen molar-refractivity contribution in [1.82, 2.24) is 5.43 Å². The SMILES string of the molecule is CN(C)c1ccc(C2CC(c3cc4ccccc4oc3=O)=NN2)cc1. The summed E-state index contributed by atoms with van der Waals surface area (Å²) in [5, 5.41) is 5.29. The summed E-state index contributed by atoms with van der Waals surface area (Å²) >= 11 is 0. The molecular formula is C20H19N3O2. The molecule has 2 aromatic carbocycles. The lowest BCUT2D eigenvalue weighted by molar-refractivity contribution is 0.559. The molecule has 5 heteroatoms. The molecule has 0 fully saturated rings. The van der Waals surface area contributed by atoms with Crippen LogP contribution in [-0.2, 0) is 0 Å². The molecule has 5 nitrogen and oxygen atoms in total. The molecule has 0 bridgehead atoms. The molecule has 0 saturated heterocycles. The molecule has 1 unspecified atom stereocenters. The van der Waals surface area contributed by atoms with Gasteiger partial charge in [-0.1, -0.05) is 30.3 Å². The lowest BCUT2D eigenvalue weighted by Gasteiger charge is -2.15. The van der Waals surface area contributed by atoms with Gasteiger partial charge in [-0.05, 0) is 29.8 Å². The number of nitrogens with one attached hydrogen (secondary N) is 1. The van der Waals surface area contributed by atoms with E-state index in [1.807, 2.05) is 38.4 Å². The molecule has 1 N–H and O–H groups in total. The third-order valence-corrected chi connectivity index (χ3v) is 4.52. The van der Waals surface area contributed by atoms with Crippen LogP contribution in [0.2, 0.25) is 0 Å². The fourth-order valence-corrected chi connectivity index (χ4v) is 3.07. The fraction of sp³-hybridized carbons (Fsp3) is 0.200. The van der Waals surface area contributed by atoms with E-state index in [4.69, 9.17) is 4.42 Å². The average Bonchev–Trinajstić information content (AvgIpc) is 3.11. The zero-order valence-corrected chi connectivity index (χ0v) is 14.2. The van der Waals surface area contributed by atoms with Gasteiger partial charge in [-0.3, -0.25) is 0 Å². The van der Waals surface area contributed by atoms with Crippen LogP contribution < -0.4 is 16.0 Å². The van der Waals surface area contributed by atoms with Crippen molar-refractivity contribution >= 4 is 22.4 Å². The molecular weight excluding hydrogens is 314 g/mol. The molecule has 1 atom stereocenters. The Bertz CT molecular complexity index is 1000. The van der Waals surface area contributed by atoms with Crippen LogP contribution in [0.4, 0.5) is 5.69 Å². The van der Waals surface area contributed by atoms with Crippen molar-refractivity contribution in [2.45, 2.75) is 12.5 Å². The summed E-state index contributed by atoms with van der Waals surface area (Å²) in [6.45, 7) is 0. The molecule has 0 amide bonds. The largest absolute Gasteiger partial charge is 0.422 e. The fourth-order valence-electron chi connectivity index (χ4n) is 3.07. The Morgan fingerprint density at radius 2 is 1.88 bits per heavy atom. The highest BCUT2D eigenvalue weighted by Crippen LogP contribution is 2.26. The third-order valence-electron chi connectivity index (χ3n) is 4.52. The van der Waals surface area contributed by atoms with Crippen molar-refractivity contribution in [2.24, 2.45) is 5.10 Å². The average molecular weight is 333 g/mol. The van der Waals surface area contributed by atoms with Crippen LogP contribution in [0.3, 0.4) is 0 Å². The van der Waals surface area contributed by atoms with Crippen LogP contribution in [0, 0.1) is 0 Å². The predicted molar refractivity (Wildman–Crippen MR) is 100 cm³/mol. The summed E-state index contributed by atoms with van der Waals surface area (Å²) < 4.78 is 5.42. The van der Waals surface area contributed by atoms with E-state index in [9.17, 15) is 4.79 Å². The molecule has 4 rings (SSSR count). The lowest BCUT2D eigenvalue weighted by Crippen LogP contribution is -2.14. The normalized spacial score (nSPS) is 16.6. The van der Waals surface area contributed by atoms with Gasteiger partial charge in [0.15, 0.2) is 0 Å². The van der Waals surface area contributed by atoms with Crippen LogP contribution >= 0.6 is 0 Å². The summed E-state index contributed by atoms with van der Waals surface area (Å²) in [7, 11) is 4.03. The zero-order valence-electron chi connectivity index (χ0n) is 14.2. The Morgan fingerprint density at radius 3 is 2.64 bits per heavy atom. The van der Waals surface area contributed by atoms with Crippen molar-refractivity contribution in [1.29, 1.82) is 0 Å². The summed E-state index contributed by atoms with van der Waals surface area (Å²) in [6, 6.07) is 17.8. The van der Waals surface area contributed by atoms with Gasteiger partial charge >= 0.3 is 5.63 Å². The van der Waals surface area contributed by atoms with Gasteiger partial charge in [-0.25, -0.2) is 4.79 Å². The van der Waals surface area contributed by atoms with Gasteiger partial charge in [0.1, 0.15) is 5.58 Å². The van der Waals surface area contributed by atoms with E-state index in [1.54, 1.807) is 6.07 Å². The molecule has 1 aliphatic heterocycles. The number of benzene rings is 2. The number of anilines is 1. The molecule has 2 heterocycles. The Hall–Kier alpha value is -3.08. The highest BCUT2D eigenvalue weighted by Gasteiger charge is 2.23. The van der Waals surface area contributed by atoms with Crippen LogP contribution in [0.5, 0.6) is 0 Å². The van der Waals surface area contributed by atoms with Gasteiger partial charge in [0.2, 0.25) is 0 Å². The first-order chi connectivity index (χ1) is 12.1. The Balaban J connectivity index is 1.60. The van der Waals surface area contributed by atoms with Crippen molar-refractivity contribution in [3.8, 4) is 0 Å². The summed E-state index contributed by atoms with van der Waals surface area (Å²) in [5.41, 5.74) is 6.95. The smallest absolute Gasteiger partial charge is 0.345 e. The molecule has 3 aromatic rings. The van der Waals surface area contributed by atoms with Crippen molar-refractivity contribution in [3.05, 3.63) is 76.1 Å². The van der Waals surface area contributed by atoms with Crippen molar-refractivity contribution in [3.63, 3.8) is 0 Å². The van der Waals surface area contributed by atoms with E-state index in [1.165, 1.54) is 0 Å². The first-order valence-corrected chi connectivity index (χ1v) is 8.24. The number of fused-ring (bicyclic) bond motifs is 1. The number of para-hydroxylation sites is 1. The third kappa shape index (κ3) is 2.89. The Kier molecular flexibility index (Phi) is 3.76. The number of hydrazone groups is 1. The zero-order chi connectivity index (χ0) is 17.4. The topological polar surface area (TPSA) is 57.8 Å². The van der Waals surface area contributed by atoms with Gasteiger partial charge < -0.3 is 14.7 Å². The number of rotatable bonds is 3.